The van der Waals surface area contributed by atoms with Crippen LogP contribution in [0.2, 0.25) is 0 Å². The second-order valence-electron chi connectivity index (χ2n) is 2.39. The quantitative estimate of drug-likeness (QED) is 0.573. The van der Waals surface area contributed by atoms with Gasteiger partial charge in [0.15, 0.2) is 0 Å². The Morgan fingerprint density at radius 2 is 2.25 bits per heavy atom. The molecule has 4 heteroatoms. The van der Waals surface area contributed by atoms with Gasteiger partial charge in [0.2, 0.25) is 0 Å². The fourth-order valence-corrected chi connectivity index (χ4v) is 1.57. The van der Waals surface area contributed by atoms with Crippen molar-refractivity contribution >= 4 is 17.2 Å². The van der Waals surface area contributed by atoms with E-state index in [-0.39, 0.29) is 0 Å². The monoisotopic (exact) mass is 183 g/mol. The molecule has 0 radical (unpaired) electrons. The van der Waals surface area contributed by atoms with Gasteiger partial charge in [-0.05, 0) is 13.8 Å². The molecule has 0 fully saturated rings. The van der Waals surface area contributed by atoms with Crippen molar-refractivity contribution in [3.63, 3.8) is 0 Å². The highest BCUT2D eigenvalue weighted by Gasteiger charge is 2.08. The summed E-state index contributed by atoms with van der Waals surface area (Å²) in [6, 6.07) is 0. The Kier molecular flexibility index (Phi) is 3.22. The highest BCUT2D eigenvalue weighted by molar-refractivity contribution is 7.07. The van der Waals surface area contributed by atoms with Crippen LogP contribution in [0, 0.1) is 5.41 Å². The summed E-state index contributed by atoms with van der Waals surface area (Å²) in [6.07, 6.45) is 0. The van der Waals surface area contributed by atoms with Crippen molar-refractivity contribution < 1.29 is 0 Å². The summed E-state index contributed by atoms with van der Waals surface area (Å²) in [7, 11) is 0. The maximum Gasteiger partial charge on any atom is 0.147 e. The van der Waals surface area contributed by atoms with Crippen molar-refractivity contribution in [2.45, 2.75) is 13.8 Å². The van der Waals surface area contributed by atoms with Crippen LogP contribution in [-0.2, 0) is 0 Å². The fraction of sp³-hybridized carbons (Fsp3) is 0.500. The molecule has 0 aliphatic heterocycles. The molecule has 1 rings (SSSR count). The maximum absolute atomic E-state index is 7.77. The Morgan fingerprint density at radius 1 is 1.58 bits per heavy atom. The molecule has 0 aliphatic carbocycles. The molecule has 1 N–H and O–H groups in total. The van der Waals surface area contributed by atoms with Crippen molar-refractivity contribution in [2.75, 3.05) is 13.1 Å². The van der Waals surface area contributed by atoms with E-state index in [1.54, 1.807) is 5.51 Å². The molecule has 1 heterocycles. The van der Waals surface area contributed by atoms with Crippen molar-refractivity contribution in [3.8, 4) is 0 Å². The molecule has 0 aliphatic rings. The predicted molar refractivity (Wildman–Crippen MR) is 51.9 cm³/mol. The second kappa shape index (κ2) is 4.21. The van der Waals surface area contributed by atoms with E-state index in [0.717, 1.165) is 18.8 Å². The van der Waals surface area contributed by atoms with Crippen LogP contribution in [0.15, 0.2) is 10.9 Å². The number of amidine groups is 1. The molecule has 12 heavy (non-hydrogen) atoms. The van der Waals surface area contributed by atoms with Gasteiger partial charge in [0.05, 0.1) is 5.51 Å². The zero-order valence-electron chi connectivity index (χ0n) is 7.37. The first kappa shape index (κ1) is 9.19. The Bertz CT molecular complexity index is 239. The minimum atomic E-state index is 0.529. The van der Waals surface area contributed by atoms with E-state index in [9.17, 15) is 0 Å². The summed E-state index contributed by atoms with van der Waals surface area (Å²) in [5.41, 5.74) is 2.54. The Balaban J connectivity index is 2.70. The lowest BCUT2D eigenvalue weighted by atomic mass is 10.4. The first-order valence-corrected chi connectivity index (χ1v) is 4.95. The fourth-order valence-electron chi connectivity index (χ4n) is 1.03. The SMILES string of the molecule is CCN(CC)C(=N)c1cscn1. The molecule has 0 spiro atoms. The Hall–Kier alpha value is -0.900. The smallest absolute Gasteiger partial charge is 0.147 e. The number of rotatable bonds is 3. The molecule has 1 aromatic heterocycles. The first-order valence-electron chi connectivity index (χ1n) is 4.01. The molecule has 0 saturated carbocycles. The van der Waals surface area contributed by atoms with Crippen LogP contribution in [0.3, 0.4) is 0 Å². The number of hydrogen-bond acceptors (Lipinski definition) is 3. The van der Waals surface area contributed by atoms with Crippen LogP contribution >= 0.6 is 11.3 Å². The molecule has 66 valence electrons. The van der Waals surface area contributed by atoms with Gasteiger partial charge in [0.25, 0.3) is 0 Å². The third-order valence-electron chi connectivity index (χ3n) is 1.75. The molecular weight excluding hydrogens is 170 g/mol. The Morgan fingerprint density at radius 3 is 2.67 bits per heavy atom. The van der Waals surface area contributed by atoms with Gasteiger partial charge in [0.1, 0.15) is 11.5 Å². The molecule has 0 amide bonds. The van der Waals surface area contributed by atoms with Crippen molar-refractivity contribution in [1.82, 2.24) is 9.88 Å². The third-order valence-corrected chi connectivity index (χ3v) is 2.34. The molecule has 0 aromatic carbocycles. The number of nitrogens with one attached hydrogen (secondary N) is 1. The number of aromatic nitrogens is 1. The molecule has 0 unspecified atom stereocenters. The average molecular weight is 183 g/mol. The van der Waals surface area contributed by atoms with Gasteiger partial charge in [-0.15, -0.1) is 11.3 Å². The minimum Gasteiger partial charge on any atom is -0.356 e. The van der Waals surface area contributed by atoms with Gasteiger partial charge in [-0.3, -0.25) is 5.41 Å². The van der Waals surface area contributed by atoms with E-state index < -0.39 is 0 Å². The molecule has 3 nitrogen and oxygen atoms in total. The van der Waals surface area contributed by atoms with Gasteiger partial charge >= 0.3 is 0 Å². The van der Waals surface area contributed by atoms with Crippen LogP contribution in [0.4, 0.5) is 0 Å². The summed E-state index contributed by atoms with van der Waals surface area (Å²) in [4.78, 5) is 6.07. The van der Waals surface area contributed by atoms with E-state index >= 15 is 0 Å². The van der Waals surface area contributed by atoms with Gasteiger partial charge in [-0.2, -0.15) is 0 Å². The van der Waals surface area contributed by atoms with Gasteiger partial charge in [-0.25, -0.2) is 4.98 Å². The average Bonchev–Trinajstić information content (AvgIpc) is 2.58. The summed E-state index contributed by atoms with van der Waals surface area (Å²) >= 11 is 1.53. The Labute approximate surface area is 76.6 Å². The second-order valence-corrected chi connectivity index (χ2v) is 3.11. The maximum atomic E-state index is 7.77. The largest absolute Gasteiger partial charge is 0.356 e. The topological polar surface area (TPSA) is 40.0 Å². The van der Waals surface area contributed by atoms with Crippen LogP contribution in [0.25, 0.3) is 0 Å². The highest BCUT2D eigenvalue weighted by atomic mass is 32.1. The van der Waals surface area contributed by atoms with E-state index in [2.05, 4.69) is 4.98 Å². The van der Waals surface area contributed by atoms with E-state index in [1.165, 1.54) is 11.3 Å². The van der Waals surface area contributed by atoms with Crippen LogP contribution in [0.5, 0.6) is 0 Å². The van der Waals surface area contributed by atoms with Crippen molar-refractivity contribution in [1.29, 1.82) is 5.41 Å². The van der Waals surface area contributed by atoms with Crippen molar-refractivity contribution in [2.24, 2.45) is 0 Å². The zero-order valence-corrected chi connectivity index (χ0v) is 8.19. The summed E-state index contributed by atoms with van der Waals surface area (Å²) in [5, 5.41) is 9.68. The lowest BCUT2D eigenvalue weighted by Gasteiger charge is -2.19. The van der Waals surface area contributed by atoms with Gasteiger partial charge < -0.3 is 4.90 Å². The normalized spacial score (nSPS) is 9.83. The highest BCUT2D eigenvalue weighted by Crippen LogP contribution is 2.04. The summed E-state index contributed by atoms with van der Waals surface area (Å²) in [6.45, 7) is 5.83. The predicted octanol–water partition coefficient (Wildman–Crippen LogP) is 1.81. The van der Waals surface area contributed by atoms with Crippen LogP contribution < -0.4 is 0 Å². The zero-order chi connectivity index (χ0) is 8.97. The third kappa shape index (κ3) is 1.82. The van der Waals surface area contributed by atoms with E-state index in [0.29, 0.717) is 5.84 Å². The molecule has 0 bridgehead atoms. The van der Waals surface area contributed by atoms with Gasteiger partial charge in [0, 0.05) is 18.5 Å². The lowest BCUT2D eigenvalue weighted by Crippen LogP contribution is -2.30. The van der Waals surface area contributed by atoms with Crippen molar-refractivity contribution in [3.05, 3.63) is 16.6 Å². The molecular formula is C8H13N3S. The number of thiazole rings is 1. The standard InChI is InChI=1S/C8H13N3S/c1-3-11(4-2)8(9)7-5-12-6-10-7/h5-6,9H,3-4H2,1-2H3. The molecule has 0 saturated heterocycles. The summed E-state index contributed by atoms with van der Waals surface area (Å²) in [5.74, 6) is 0.529. The van der Waals surface area contributed by atoms with Crippen LogP contribution in [0.1, 0.15) is 19.5 Å². The number of nitrogens with zero attached hydrogens (tertiary/aromatic N) is 2. The van der Waals surface area contributed by atoms with Crippen LogP contribution in [-0.4, -0.2) is 28.8 Å². The molecule has 0 atom stereocenters. The summed E-state index contributed by atoms with van der Waals surface area (Å²) < 4.78 is 0. The minimum absolute atomic E-state index is 0.529. The van der Waals surface area contributed by atoms with E-state index in [4.69, 9.17) is 5.41 Å². The lowest BCUT2D eigenvalue weighted by molar-refractivity contribution is 0.462. The first-order chi connectivity index (χ1) is 5.79. The number of hydrogen-bond donors (Lipinski definition) is 1. The molecule has 1 aromatic rings. The van der Waals surface area contributed by atoms with Gasteiger partial charge in [-0.1, -0.05) is 0 Å². The van der Waals surface area contributed by atoms with E-state index in [1.807, 2.05) is 24.1 Å².